The van der Waals surface area contributed by atoms with E-state index in [9.17, 15) is 14.4 Å². The third kappa shape index (κ3) is 5.09. The second-order valence-corrected chi connectivity index (χ2v) is 8.29. The van der Waals surface area contributed by atoms with E-state index in [0.717, 1.165) is 10.1 Å². The van der Waals surface area contributed by atoms with Crippen molar-refractivity contribution in [2.45, 2.75) is 39.0 Å². The molecule has 2 N–H and O–H groups in total. The number of aromatic nitrogens is 3. The molecule has 0 unspecified atom stereocenters. The molecule has 3 aromatic rings. The van der Waals surface area contributed by atoms with Crippen LogP contribution < -0.4 is 21.4 Å². The summed E-state index contributed by atoms with van der Waals surface area (Å²) in [7, 11) is 0. The third-order valence-electron chi connectivity index (χ3n) is 5.58. The summed E-state index contributed by atoms with van der Waals surface area (Å²) in [6.45, 7) is 2.13. The SMILES string of the molecule is CCn1c(=O)nc(Nc2ccc(OC3CC(C(=O)O)C3)cc2)n(Cc2ccc(Cl)cc2)c1=O. The van der Waals surface area contributed by atoms with Crippen LogP contribution in [0.2, 0.25) is 5.02 Å². The molecule has 0 radical (unpaired) electrons. The normalized spacial score (nSPS) is 17.3. The van der Waals surface area contributed by atoms with Crippen LogP contribution in [0.4, 0.5) is 11.6 Å². The molecule has 2 aromatic carbocycles. The van der Waals surface area contributed by atoms with Gasteiger partial charge in [0.05, 0.1) is 12.5 Å². The molecule has 172 valence electrons. The molecule has 1 saturated carbocycles. The lowest BCUT2D eigenvalue weighted by Gasteiger charge is -2.32. The third-order valence-corrected chi connectivity index (χ3v) is 5.83. The van der Waals surface area contributed by atoms with E-state index in [2.05, 4.69) is 10.3 Å². The average Bonchev–Trinajstić information content (AvgIpc) is 2.75. The lowest BCUT2D eigenvalue weighted by atomic mass is 9.82. The second kappa shape index (κ2) is 9.50. The first-order valence-corrected chi connectivity index (χ1v) is 10.9. The van der Waals surface area contributed by atoms with Gasteiger partial charge in [0.25, 0.3) is 0 Å². The van der Waals surface area contributed by atoms with E-state index in [0.29, 0.717) is 29.3 Å². The van der Waals surface area contributed by atoms with E-state index < -0.39 is 17.3 Å². The molecule has 0 bridgehead atoms. The summed E-state index contributed by atoms with van der Waals surface area (Å²) in [6, 6.07) is 14.1. The first kappa shape index (κ1) is 22.6. The van der Waals surface area contributed by atoms with E-state index in [1.165, 1.54) is 4.57 Å². The van der Waals surface area contributed by atoms with Gasteiger partial charge in [0.15, 0.2) is 0 Å². The maximum atomic E-state index is 13.0. The molecule has 10 heteroatoms. The minimum atomic E-state index is -0.795. The zero-order valence-electron chi connectivity index (χ0n) is 17.9. The van der Waals surface area contributed by atoms with Crippen molar-refractivity contribution in [1.29, 1.82) is 0 Å². The average molecular weight is 471 g/mol. The highest BCUT2D eigenvalue weighted by Gasteiger charge is 2.36. The summed E-state index contributed by atoms with van der Waals surface area (Å²) in [5, 5.41) is 12.6. The summed E-state index contributed by atoms with van der Waals surface area (Å²) in [4.78, 5) is 40.3. The van der Waals surface area contributed by atoms with Crippen LogP contribution in [-0.4, -0.2) is 31.3 Å². The highest BCUT2D eigenvalue weighted by molar-refractivity contribution is 6.30. The Kier molecular flexibility index (Phi) is 6.50. The van der Waals surface area contributed by atoms with Crippen LogP contribution in [-0.2, 0) is 17.9 Å². The van der Waals surface area contributed by atoms with Crippen molar-refractivity contribution >= 4 is 29.2 Å². The number of benzene rings is 2. The number of nitrogens with zero attached hydrogens (tertiary/aromatic N) is 3. The van der Waals surface area contributed by atoms with Crippen LogP contribution in [0.5, 0.6) is 5.75 Å². The molecule has 33 heavy (non-hydrogen) atoms. The number of nitrogens with one attached hydrogen (secondary N) is 1. The maximum Gasteiger partial charge on any atom is 0.354 e. The Morgan fingerprint density at radius 3 is 2.39 bits per heavy atom. The number of hydrogen-bond acceptors (Lipinski definition) is 6. The first-order chi connectivity index (χ1) is 15.8. The lowest BCUT2D eigenvalue weighted by Crippen LogP contribution is -2.42. The molecule has 4 rings (SSSR count). The number of carboxylic acids is 1. The molecule has 1 fully saturated rings. The fourth-order valence-electron chi connectivity index (χ4n) is 3.61. The van der Waals surface area contributed by atoms with Crippen molar-refractivity contribution in [3.8, 4) is 5.75 Å². The summed E-state index contributed by atoms with van der Waals surface area (Å²) in [5.41, 5.74) is 0.351. The molecule has 0 atom stereocenters. The van der Waals surface area contributed by atoms with Gasteiger partial charge in [-0.05, 0) is 61.7 Å². The number of ether oxygens (including phenoxy) is 1. The molecule has 9 nitrogen and oxygen atoms in total. The fourth-order valence-corrected chi connectivity index (χ4v) is 3.74. The molecule has 1 aromatic heterocycles. The van der Waals surface area contributed by atoms with Crippen LogP contribution in [0.25, 0.3) is 0 Å². The van der Waals surface area contributed by atoms with E-state index in [1.807, 2.05) is 0 Å². The van der Waals surface area contributed by atoms with Gasteiger partial charge in [-0.1, -0.05) is 23.7 Å². The van der Waals surface area contributed by atoms with Crippen molar-refractivity contribution in [1.82, 2.24) is 14.1 Å². The van der Waals surface area contributed by atoms with Crippen molar-refractivity contribution in [3.63, 3.8) is 0 Å². The molecule has 0 saturated heterocycles. The van der Waals surface area contributed by atoms with Gasteiger partial charge in [-0.25, -0.2) is 14.2 Å². The topological polar surface area (TPSA) is 115 Å². The monoisotopic (exact) mass is 470 g/mol. The Morgan fingerprint density at radius 2 is 1.79 bits per heavy atom. The number of hydrogen-bond donors (Lipinski definition) is 2. The Bertz CT molecular complexity index is 1260. The first-order valence-electron chi connectivity index (χ1n) is 10.6. The van der Waals surface area contributed by atoms with E-state index >= 15 is 0 Å². The van der Waals surface area contributed by atoms with E-state index in [4.69, 9.17) is 21.4 Å². The van der Waals surface area contributed by atoms with Gasteiger partial charge >= 0.3 is 17.3 Å². The number of rotatable bonds is 8. The number of anilines is 2. The van der Waals surface area contributed by atoms with E-state index in [1.54, 1.807) is 55.5 Å². The van der Waals surface area contributed by atoms with Crippen molar-refractivity contribution in [2.75, 3.05) is 5.32 Å². The Balaban J connectivity index is 1.54. The molecule has 1 heterocycles. The number of carbonyl (C=O) groups is 1. The minimum absolute atomic E-state index is 0.113. The van der Waals surface area contributed by atoms with Crippen molar-refractivity contribution < 1.29 is 14.6 Å². The lowest BCUT2D eigenvalue weighted by molar-refractivity contribution is -0.147. The minimum Gasteiger partial charge on any atom is -0.490 e. The van der Waals surface area contributed by atoms with Crippen LogP contribution in [0, 0.1) is 5.92 Å². The number of halogens is 1. The molecule has 1 aliphatic rings. The van der Waals surface area contributed by atoms with Crippen molar-refractivity contribution in [3.05, 3.63) is 80.1 Å². The Hall–Kier alpha value is -3.59. The van der Waals surface area contributed by atoms with Crippen molar-refractivity contribution in [2.24, 2.45) is 5.92 Å². The summed E-state index contributed by atoms with van der Waals surface area (Å²) >= 11 is 5.96. The molecular weight excluding hydrogens is 448 g/mol. The quantitative estimate of drug-likeness (QED) is 0.519. The highest BCUT2D eigenvalue weighted by atomic mass is 35.5. The zero-order chi connectivity index (χ0) is 23.5. The van der Waals surface area contributed by atoms with Crippen LogP contribution in [0.1, 0.15) is 25.3 Å². The summed E-state index contributed by atoms with van der Waals surface area (Å²) < 4.78 is 8.26. The van der Waals surface area contributed by atoms with Gasteiger partial charge < -0.3 is 15.2 Å². The van der Waals surface area contributed by atoms with Crippen LogP contribution >= 0.6 is 11.6 Å². The van der Waals surface area contributed by atoms with E-state index in [-0.39, 0.29) is 31.1 Å². The summed E-state index contributed by atoms with van der Waals surface area (Å²) in [5.74, 6) is -0.398. The number of aliphatic carboxylic acids is 1. The predicted molar refractivity (Wildman–Crippen MR) is 123 cm³/mol. The van der Waals surface area contributed by atoms with Gasteiger partial charge in [0.1, 0.15) is 11.9 Å². The maximum absolute atomic E-state index is 13.0. The molecule has 0 amide bonds. The predicted octanol–water partition coefficient (Wildman–Crippen LogP) is 3.11. The zero-order valence-corrected chi connectivity index (χ0v) is 18.7. The molecular formula is C23H23ClN4O5. The molecule has 0 aliphatic heterocycles. The smallest absolute Gasteiger partial charge is 0.354 e. The largest absolute Gasteiger partial charge is 0.490 e. The van der Waals surface area contributed by atoms with Crippen LogP contribution in [0.15, 0.2) is 58.1 Å². The van der Waals surface area contributed by atoms with Gasteiger partial charge in [0, 0.05) is 17.3 Å². The van der Waals surface area contributed by atoms with Crippen LogP contribution in [0.3, 0.4) is 0 Å². The molecule has 0 spiro atoms. The van der Waals surface area contributed by atoms with Gasteiger partial charge in [-0.3, -0.25) is 9.36 Å². The summed E-state index contributed by atoms with van der Waals surface area (Å²) in [6.07, 6.45) is 0.867. The molecule has 1 aliphatic carbocycles. The van der Waals surface area contributed by atoms with Gasteiger partial charge in [-0.15, -0.1) is 0 Å². The van der Waals surface area contributed by atoms with Gasteiger partial charge in [-0.2, -0.15) is 4.98 Å². The Morgan fingerprint density at radius 1 is 1.12 bits per heavy atom. The highest BCUT2D eigenvalue weighted by Crippen LogP contribution is 2.32. The standard InChI is InChI=1S/C23H23ClN4O5/c1-2-27-22(31)26-21(28(23(27)32)13-14-3-5-16(24)6-4-14)25-17-7-9-18(10-8-17)33-19-11-15(12-19)20(29)30/h3-10,15,19H,2,11-13H2,1H3,(H,29,30)(H,25,26,31). The second-order valence-electron chi connectivity index (χ2n) is 7.85. The Labute approximate surface area is 194 Å². The fraction of sp³-hybridized carbons (Fsp3) is 0.304. The number of carboxylic acid groups (broad SMARTS) is 1. The van der Waals surface area contributed by atoms with Gasteiger partial charge in [0.2, 0.25) is 5.95 Å².